The molecule has 1 aliphatic heterocycles. The van der Waals surface area contributed by atoms with Crippen molar-refractivity contribution in [2.75, 3.05) is 10.6 Å². The number of rotatable bonds is 2. The highest BCUT2D eigenvalue weighted by Gasteiger charge is 2.47. The summed E-state index contributed by atoms with van der Waals surface area (Å²) in [4.78, 5) is 28.8. The zero-order chi connectivity index (χ0) is 16.6. The molecule has 0 fully saturated rings. The molecule has 118 valence electrons. The minimum absolute atomic E-state index is 0.284. The van der Waals surface area contributed by atoms with Gasteiger partial charge >= 0.3 is 0 Å². The molecule has 2 N–H and O–H groups in total. The van der Waals surface area contributed by atoms with Crippen LogP contribution in [0.5, 0.6) is 5.75 Å². The van der Waals surface area contributed by atoms with Gasteiger partial charge in [0.25, 0.3) is 17.4 Å². The third-order valence-electron chi connectivity index (χ3n) is 3.53. The molecule has 1 unspecified atom stereocenters. The Balaban J connectivity index is 1.85. The summed E-state index contributed by atoms with van der Waals surface area (Å²) in [5, 5.41) is 5.71. The standard InChI is InChI=1S/C16H14ClN3O3/c1-9-3-5-12-11(7-9)19-14(21)16(2,23-12)15(22)20-13-6-4-10(17)8-18-13/h3-8H,1-2H3,(H,19,21)(H,18,20,22). The average molecular weight is 332 g/mol. The van der Waals surface area contributed by atoms with Crippen molar-refractivity contribution in [1.29, 1.82) is 0 Å². The molecule has 23 heavy (non-hydrogen) atoms. The largest absolute Gasteiger partial charge is 0.466 e. The zero-order valence-electron chi connectivity index (χ0n) is 12.5. The summed E-state index contributed by atoms with van der Waals surface area (Å²) in [5.41, 5.74) is -0.167. The number of ether oxygens (including phenoxy) is 1. The summed E-state index contributed by atoms with van der Waals surface area (Å²) < 4.78 is 5.67. The zero-order valence-corrected chi connectivity index (χ0v) is 13.3. The molecule has 0 saturated heterocycles. The van der Waals surface area contributed by atoms with E-state index in [4.69, 9.17) is 16.3 Å². The molecule has 7 heteroatoms. The molecule has 1 aliphatic rings. The topological polar surface area (TPSA) is 80.3 Å². The van der Waals surface area contributed by atoms with Crippen molar-refractivity contribution in [3.05, 3.63) is 47.1 Å². The SMILES string of the molecule is Cc1ccc2c(c1)NC(=O)C(C)(C(=O)Nc1ccc(Cl)cn1)O2. The van der Waals surface area contributed by atoms with Crippen molar-refractivity contribution in [3.8, 4) is 5.75 Å². The van der Waals surface area contributed by atoms with Crippen molar-refractivity contribution in [1.82, 2.24) is 4.98 Å². The van der Waals surface area contributed by atoms with Crippen LogP contribution in [0, 0.1) is 6.92 Å². The molecule has 3 rings (SSSR count). The van der Waals surface area contributed by atoms with Gasteiger partial charge in [-0.25, -0.2) is 4.98 Å². The van der Waals surface area contributed by atoms with Crippen LogP contribution in [0.2, 0.25) is 5.02 Å². The van der Waals surface area contributed by atoms with E-state index in [1.54, 1.807) is 24.3 Å². The maximum Gasteiger partial charge on any atom is 0.279 e. The van der Waals surface area contributed by atoms with Crippen LogP contribution in [-0.4, -0.2) is 22.4 Å². The number of fused-ring (bicyclic) bond motifs is 1. The molecule has 1 atom stereocenters. The molecule has 2 aromatic rings. The second kappa shape index (κ2) is 5.55. The Morgan fingerprint density at radius 2 is 2.13 bits per heavy atom. The molecule has 2 amide bonds. The average Bonchev–Trinajstić information content (AvgIpc) is 2.51. The highest BCUT2D eigenvalue weighted by Crippen LogP contribution is 2.34. The quantitative estimate of drug-likeness (QED) is 0.829. The Morgan fingerprint density at radius 1 is 1.35 bits per heavy atom. The van der Waals surface area contributed by atoms with E-state index in [1.807, 2.05) is 13.0 Å². The van der Waals surface area contributed by atoms with Gasteiger partial charge in [-0.2, -0.15) is 0 Å². The van der Waals surface area contributed by atoms with Crippen LogP contribution in [0.1, 0.15) is 12.5 Å². The maximum absolute atomic E-state index is 12.5. The van der Waals surface area contributed by atoms with Crippen LogP contribution in [0.4, 0.5) is 11.5 Å². The smallest absolute Gasteiger partial charge is 0.279 e. The molecule has 0 bridgehead atoms. The lowest BCUT2D eigenvalue weighted by Gasteiger charge is -2.33. The van der Waals surface area contributed by atoms with Gasteiger partial charge in [0.15, 0.2) is 0 Å². The van der Waals surface area contributed by atoms with Gasteiger partial charge in [0, 0.05) is 6.20 Å². The van der Waals surface area contributed by atoms with Crippen molar-refractivity contribution < 1.29 is 14.3 Å². The van der Waals surface area contributed by atoms with Crippen LogP contribution in [-0.2, 0) is 9.59 Å². The third kappa shape index (κ3) is 2.85. The van der Waals surface area contributed by atoms with Crippen molar-refractivity contribution in [2.24, 2.45) is 0 Å². The van der Waals surface area contributed by atoms with E-state index in [0.29, 0.717) is 16.5 Å². The first-order valence-corrected chi connectivity index (χ1v) is 7.30. The van der Waals surface area contributed by atoms with Crippen molar-refractivity contribution in [3.63, 3.8) is 0 Å². The van der Waals surface area contributed by atoms with E-state index in [2.05, 4.69) is 15.6 Å². The number of pyridine rings is 1. The molecule has 6 nitrogen and oxygen atoms in total. The fourth-order valence-electron chi connectivity index (χ4n) is 2.17. The predicted octanol–water partition coefficient (Wildman–Crippen LogP) is 2.77. The van der Waals surface area contributed by atoms with E-state index >= 15 is 0 Å². The lowest BCUT2D eigenvalue weighted by Crippen LogP contribution is -2.56. The fourth-order valence-corrected chi connectivity index (χ4v) is 2.28. The highest BCUT2D eigenvalue weighted by molar-refractivity contribution is 6.30. The highest BCUT2D eigenvalue weighted by atomic mass is 35.5. The summed E-state index contributed by atoms with van der Waals surface area (Å²) in [6, 6.07) is 8.48. The lowest BCUT2D eigenvalue weighted by atomic mass is 10.0. The summed E-state index contributed by atoms with van der Waals surface area (Å²) in [6.07, 6.45) is 1.40. The van der Waals surface area contributed by atoms with Crippen molar-refractivity contribution >= 4 is 34.9 Å². The predicted molar refractivity (Wildman–Crippen MR) is 86.7 cm³/mol. The second-order valence-electron chi connectivity index (χ2n) is 5.40. The van der Waals surface area contributed by atoms with Gasteiger partial charge in [-0.3, -0.25) is 9.59 Å². The number of hydrogen-bond donors (Lipinski definition) is 2. The number of amides is 2. The molecule has 0 aliphatic carbocycles. The van der Waals surface area contributed by atoms with Gasteiger partial charge in [-0.05, 0) is 43.7 Å². The lowest BCUT2D eigenvalue weighted by molar-refractivity contribution is -0.143. The van der Waals surface area contributed by atoms with E-state index in [-0.39, 0.29) is 5.82 Å². The Kier molecular flexibility index (Phi) is 3.69. The van der Waals surface area contributed by atoms with E-state index in [1.165, 1.54) is 13.1 Å². The first kappa shape index (κ1) is 15.3. The van der Waals surface area contributed by atoms with Gasteiger partial charge in [-0.1, -0.05) is 17.7 Å². The monoisotopic (exact) mass is 331 g/mol. The summed E-state index contributed by atoms with van der Waals surface area (Å²) in [5.74, 6) is -0.429. The molecule has 1 aromatic carbocycles. The van der Waals surface area contributed by atoms with Crippen LogP contribution in [0.15, 0.2) is 36.5 Å². The summed E-state index contributed by atoms with van der Waals surface area (Å²) in [7, 11) is 0. The van der Waals surface area contributed by atoms with Gasteiger partial charge in [-0.15, -0.1) is 0 Å². The van der Waals surface area contributed by atoms with Crippen LogP contribution in [0.25, 0.3) is 0 Å². The fraction of sp³-hybridized carbons (Fsp3) is 0.188. The Morgan fingerprint density at radius 3 is 2.83 bits per heavy atom. The first-order valence-electron chi connectivity index (χ1n) is 6.92. The number of benzene rings is 1. The van der Waals surface area contributed by atoms with E-state index < -0.39 is 17.4 Å². The van der Waals surface area contributed by atoms with E-state index in [9.17, 15) is 9.59 Å². The number of carbonyl (C=O) groups is 2. The minimum atomic E-state index is -1.69. The second-order valence-corrected chi connectivity index (χ2v) is 5.84. The van der Waals surface area contributed by atoms with E-state index in [0.717, 1.165) is 5.56 Å². The van der Waals surface area contributed by atoms with Crippen LogP contribution < -0.4 is 15.4 Å². The first-order chi connectivity index (χ1) is 10.9. The number of nitrogens with zero attached hydrogens (tertiary/aromatic N) is 1. The number of halogens is 1. The number of aromatic nitrogens is 1. The number of nitrogens with one attached hydrogen (secondary N) is 2. The van der Waals surface area contributed by atoms with Gasteiger partial charge < -0.3 is 15.4 Å². The van der Waals surface area contributed by atoms with Crippen molar-refractivity contribution in [2.45, 2.75) is 19.4 Å². The number of carbonyl (C=O) groups excluding carboxylic acids is 2. The minimum Gasteiger partial charge on any atom is -0.466 e. The Hall–Kier alpha value is -2.60. The van der Waals surface area contributed by atoms with Crippen LogP contribution in [0.3, 0.4) is 0 Å². The summed E-state index contributed by atoms with van der Waals surface area (Å²) in [6.45, 7) is 3.32. The molecule has 0 spiro atoms. The molecule has 0 radical (unpaired) electrons. The van der Waals surface area contributed by atoms with Crippen LogP contribution >= 0.6 is 11.6 Å². The molecule has 2 heterocycles. The van der Waals surface area contributed by atoms with Gasteiger partial charge in [0.1, 0.15) is 11.6 Å². The number of anilines is 2. The number of aryl methyl sites for hydroxylation is 1. The molecular weight excluding hydrogens is 318 g/mol. The molecule has 0 saturated carbocycles. The molecule has 1 aromatic heterocycles. The maximum atomic E-state index is 12.5. The summed E-state index contributed by atoms with van der Waals surface area (Å²) >= 11 is 5.75. The normalized spacial score (nSPS) is 19.3. The Bertz CT molecular complexity index is 792. The Labute approximate surface area is 137 Å². The van der Waals surface area contributed by atoms with Gasteiger partial charge in [0.2, 0.25) is 0 Å². The molecular formula is C16H14ClN3O3. The van der Waals surface area contributed by atoms with Gasteiger partial charge in [0.05, 0.1) is 10.7 Å². The number of hydrogen-bond acceptors (Lipinski definition) is 4. The third-order valence-corrected chi connectivity index (χ3v) is 3.76.